The van der Waals surface area contributed by atoms with Crippen LogP contribution in [0, 0.1) is 10.1 Å². The number of ether oxygens (including phenoxy) is 1. The van der Waals surface area contributed by atoms with Crippen LogP contribution in [0.4, 0.5) is 11.5 Å². The van der Waals surface area contributed by atoms with Gasteiger partial charge in [0.2, 0.25) is 5.78 Å². The van der Waals surface area contributed by atoms with Gasteiger partial charge in [-0.3, -0.25) is 28.8 Å². The summed E-state index contributed by atoms with van der Waals surface area (Å²) in [4.78, 5) is 58.2. The highest BCUT2D eigenvalue weighted by Gasteiger charge is 2.21. The number of ketones is 1. The van der Waals surface area contributed by atoms with E-state index in [1.165, 1.54) is 38.4 Å². The van der Waals surface area contributed by atoms with Crippen molar-refractivity contribution in [3.8, 4) is 0 Å². The first-order chi connectivity index (χ1) is 13.1. The van der Waals surface area contributed by atoms with Crippen LogP contribution >= 0.6 is 0 Å². The molecule has 0 atom stereocenters. The van der Waals surface area contributed by atoms with Gasteiger partial charge in [0.05, 0.1) is 10.5 Å². The van der Waals surface area contributed by atoms with Crippen LogP contribution < -0.4 is 17.0 Å². The summed E-state index contributed by atoms with van der Waals surface area (Å²) in [6.07, 6.45) is 2.09. The van der Waals surface area contributed by atoms with E-state index < -0.39 is 40.1 Å². The van der Waals surface area contributed by atoms with Crippen LogP contribution in [-0.4, -0.2) is 32.4 Å². The van der Waals surface area contributed by atoms with Gasteiger partial charge in [0, 0.05) is 26.2 Å². The molecule has 11 heteroatoms. The molecule has 1 aromatic heterocycles. The average molecular weight is 388 g/mol. The molecule has 0 amide bonds. The molecule has 28 heavy (non-hydrogen) atoms. The summed E-state index contributed by atoms with van der Waals surface area (Å²) in [5.41, 5.74) is 3.54. The second-order valence-corrected chi connectivity index (χ2v) is 5.65. The number of carbonyl (C=O) groups excluding carboxylic acids is 2. The highest BCUT2D eigenvalue weighted by molar-refractivity contribution is 6.02. The lowest BCUT2D eigenvalue weighted by Crippen LogP contribution is -2.42. The minimum Gasteiger partial charge on any atom is -0.454 e. The molecule has 0 spiro atoms. The molecule has 0 radical (unpaired) electrons. The predicted molar refractivity (Wildman–Crippen MR) is 98.8 cm³/mol. The Labute approximate surface area is 157 Å². The maximum absolute atomic E-state index is 12.2. The van der Waals surface area contributed by atoms with Crippen LogP contribution in [-0.2, 0) is 23.6 Å². The number of nitrogen functional groups attached to an aromatic ring is 1. The molecular formula is C17H16N4O7. The van der Waals surface area contributed by atoms with Gasteiger partial charge in [0.15, 0.2) is 6.61 Å². The number of rotatable bonds is 6. The Hall–Kier alpha value is -4.02. The average Bonchev–Trinajstić information content (AvgIpc) is 2.67. The van der Waals surface area contributed by atoms with Crippen LogP contribution in [0.3, 0.4) is 0 Å². The summed E-state index contributed by atoms with van der Waals surface area (Å²) in [7, 11) is 2.47. The third kappa shape index (κ3) is 4.03. The van der Waals surface area contributed by atoms with Gasteiger partial charge in [-0.05, 0) is 12.1 Å². The molecule has 146 valence electrons. The second kappa shape index (κ2) is 8.12. The maximum atomic E-state index is 12.2. The molecule has 0 saturated carbocycles. The van der Waals surface area contributed by atoms with Crippen molar-refractivity contribution >= 4 is 29.3 Å². The summed E-state index contributed by atoms with van der Waals surface area (Å²) in [5, 5.41) is 10.9. The first-order valence-corrected chi connectivity index (χ1v) is 7.82. The third-order valence-corrected chi connectivity index (χ3v) is 3.87. The smallest absolute Gasteiger partial charge is 0.332 e. The van der Waals surface area contributed by atoms with Crippen molar-refractivity contribution in [3.63, 3.8) is 0 Å². The van der Waals surface area contributed by atoms with Crippen LogP contribution in [0.5, 0.6) is 0 Å². The van der Waals surface area contributed by atoms with Gasteiger partial charge in [-0.1, -0.05) is 12.1 Å². The first kappa shape index (κ1) is 20.3. The Kier molecular flexibility index (Phi) is 5.88. The Morgan fingerprint density at radius 2 is 1.86 bits per heavy atom. The zero-order valence-corrected chi connectivity index (χ0v) is 14.9. The fraction of sp³-hybridized carbons (Fsp3) is 0.176. The van der Waals surface area contributed by atoms with Crippen LogP contribution in [0.2, 0.25) is 0 Å². The summed E-state index contributed by atoms with van der Waals surface area (Å²) in [6, 6.07) is 5.74. The molecule has 0 aliphatic rings. The molecule has 11 nitrogen and oxygen atoms in total. The van der Waals surface area contributed by atoms with Gasteiger partial charge in [0.25, 0.3) is 11.2 Å². The Morgan fingerprint density at radius 3 is 2.50 bits per heavy atom. The van der Waals surface area contributed by atoms with E-state index >= 15 is 0 Å². The number of hydrogen-bond acceptors (Lipinski definition) is 8. The van der Waals surface area contributed by atoms with Crippen molar-refractivity contribution in [2.75, 3.05) is 12.3 Å². The number of nitro benzene ring substituents is 1. The standard InChI is InChI=1S/C17H16N4O7/c1-19-15(18)14(16(24)20(2)17(19)25)12(22)9-28-13(23)8-7-10-5-3-4-6-11(10)21(26)27/h3-8H,9,18H2,1-2H3/b8-7+. The number of nitrogens with two attached hydrogens (primary N) is 1. The number of carbonyl (C=O) groups is 2. The highest BCUT2D eigenvalue weighted by Crippen LogP contribution is 2.18. The molecule has 0 fully saturated rings. The molecule has 2 N–H and O–H groups in total. The summed E-state index contributed by atoms with van der Waals surface area (Å²) < 4.78 is 6.39. The lowest BCUT2D eigenvalue weighted by molar-refractivity contribution is -0.385. The molecule has 2 rings (SSSR count). The summed E-state index contributed by atoms with van der Waals surface area (Å²) in [6.45, 7) is -0.794. The van der Waals surface area contributed by atoms with E-state index in [4.69, 9.17) is 10.5 Å². The number of esters is 1. The van der Waals surface area contributed by atoms with E-state index in [1.807, 2.05) is 0 Å². The fourth-order valence-electron chi connectivity index (χ4n) is 2.33. The number of hydrogen-bond donors (Lipinski definition) is 1. The molecule has 0 saturated heterocycles. The number of nitrogens with zero attached hydrogens (tertiary/aromatic N) is 3. The fourth-order valence-corrected chi connectivity index (χ4v) is 2.33. The van der Waals surface area contributed by atoms with Crippen molar-refractivity contribution in [3.05, 3.63) is 72.4 Å². The lowest BCUT2D eigenvalue weighted by Gasteiger charge is -2.10. The molecule has 1 heterocycles. The lowest BCUT2D eigenvalue weighted by atomic mass is 10.1. The van der Waals surface area contributed by atoms with Crippen molar-refractivity contribution in [2.45, 2.75) is 0 Å². The molecule has 1 aromatic carbocycles. The number of anilines is 1. The van der Waals surface area contributed by atoms with Gasteiger partial charge in [-0.15, -0.1) is 0 Å². The topological polar surface area (TPSA) is 157 Å². The van der Waals surface area contributed by atoms with Gasteiger partial charge < -0.3 is 10.5 Å². The first-order valence-electron chi connectivity index (χ1n) is 7.82. The normalized spacial score (nSPS) is 10.8. The second-order valence-electron chi connectivity index (χ2n) is 5.65. The van der Waals surface area contributed by atoms with Crippen LogP contribution in [0.1, 0.15) is 15.9 Å². The molecule has 0 bridgehead atoms. The Morgan fingerprint density at radius 1 is 1.21 bits per heavy atom. The quantitative estimate of drug-likeness (QED) is 0.238. The van der Waals surface area contributed by atoms with E-state index in [0.29, 0.717) is 4.57 Å². The third-order valence-electron chi connectivity index (χ3n) is 3.87. The number of benzene rings is 1. The van der Waals surface area contributed by atoms with Gasteiger partial charge in [-0.2, -0.15) is 0 Å². The molecule has 2 aromatic rings. The monoisotopic (exact) mass is 388 g/mol. The van der Waals surface area contributed by atoms with Gasteiger partial charge in [-0.25, -0.2) is 9.59 Å². The van der Waals surface area contributed by atoms with E-state index in [-0.39, 0.29) is 17.1 Å². The molecule has 0 aliphatic carbocycles. The molecular weight excluding hydrogens is 372 g/mol. The minimum atomic E-state index is -0.952. The molecule has 0 unspecified atom stereocenters. The number of Topliss-reactive ketones (excluding diaryl/α,β-unsaturated/α-hetero) is 1. The number of para-hydroxylation sites is 1. The van der Waals surface area contributed by atoms with Crippen LogP contribution in [0.25, 0.3) is 6.08 Å². The van der Waals surface area contributed by atoms with Gasteiger partial charge in [0.1, 0.15) is 11.4 Å². The largest absolute Gasteiger partial charge is 0.454 e. The van der Waals surface area contributed by atoms with Crippen molar-refractivity contribution in [1.82, 2.24) is 9.13 Å². The summed E-state index contributed by atoms with van der Waals surface area (Å²) >= 11 is 0. The summed E-state index contributed by atoms with van der Waals surface area (Å²) in [5.74, 6) is -2.18. The van der Waals surface area contributed by atoms with Crippen molar-refractivity contribution in [1.29, 1.82) is 0 Å². The molecule has 0 aliphatic heterocycles. The van der Waals surface area contributed by atoms with Crippen LogP contribution in [0.15, 0.2) is 39.9 Å². The van der Waals surface area contributed by atoms with E-state index in [1.54, 1.807) is 6.07 Å². The highest BCUT2D eigenvalue weighted by atomic mass is 16.6. The van der Waals surface area contributed by atoms with E-state index in [0.717, 1.165) is 10.6 Å². The Bertz CT molecular complexity index is 1110. The minimum absolute atomic E-state index is 0.173. The Balaban J connectivity index is 2.15. The van der Waals surface area contributed by atoms with E-state index in [9.17, 15) is 29.3 Å². The zero-order chi connectivity index (χ0) is 21.0. The van der Waals surface area contributed by atoms with Crippen molar-refractivity contribution in [2.24, 2.45) is 14.1 Å². The zero-order valence-electron chi connectivity index (χ0n) is 14.9. The van der Waals surface area contributed by atoms with Gasteiger partial charge >= 0.3 is 11.7 Å². The number of aromatic nitrogens is 2. The number of nitro groups is 1. The van der Waals surface area contributed by atoms with Crippen molar-refractivity contribution < 1.29 is 19.2 Å². The predicted octanol–water partition coefficient (Wildman–Crippen LogP) is 0.0137. The maximum Gasteiger partial charge on any atom is 0.332 e. The SMILES string of the molecule is Cn1c(N)c(C(=O)COC(=O)/C=C/c2ccccc2[N+](=O)[O-])c(=O)n(C)c1=O. The van der Waals surface area contributed by atoms with E-state index in [2.05, 4.69) is 0 Å².